The van der Waals surface area contributed by atoms with Crippen molar-refractivity contribution in [2.75, 3.05) is 0 Å². The number of sulfonamides is 1. The zero-order chi connectivity index (χ0) is 15.8. The summed E-state index contributed by atoms with van der Waals surface area (Å²) in [6, 6.07) is -0.352. The molecule has 2 aromatic heterocycles. The normalized spacial score (nSPS) is 13.6. The summed E-state index contributed by atoms with van der Waals surface area (Å²) in [5, 5.41) is 8.32. The van der Waals surface area contributed by atoms with E-state index in [0.29, 0.717) is 5.69 Å². The van der Waals surface area contributed by atoms with Crippen LogP contribution in [-0.4, -0.2) is 28.0 Å². The molecule has 1 unspecified atom stereocenters. The molecule has 2 rings (SSSR count). The van der Waals surface area contributed by atoms with Crippen LogP contribution < -0.4 is 4.72 Å². The molecule has 0 aliphatic heterocycles. The monoisotopic (exact) mass is 311 g/mol. The molecule has 116 valence electrons. The van der Waals surface area contributed by atoms with Gasteiger partial charge >= 0.3 is 0 Å². The largest absolute Gasteiger partial charge is 0.272 e. The third-order valence-corrected chi connectivity index (χ3v) is 5.23. The van der Waals surface area contributed by atoms with Crippen molar-refractivity contribution in [1.29, 1.82) is 0 Å². The fourth-order valence-electron chi connectivity index (χ4n) is 2.22. The van der Waals surface area contributed by atoms with Crippen molar-refractivity contribution < 1.29 is 8.42 Å². The average molecular weight is 311 g/mol. The minimum atomic E-state index is -3.60. The lowest BCUT2D eigenvalue weighted by molar-refractivity contribution is 0.565. The molecule has 0 spiro atoms. The lowest BCUT2D eigenvalue weighted by atomic mass is 10.1. The van der Waals surface area contributed by atoms with Crippen molar-refractivity contribution in [3.8, 4) is 0 Å². The molecule has 0 aliphatic rings. The summed E-state index contributed by atoms with van der Waals surface area (Å²) in [5.74, 6) is 0. The molecule has 2 aromatic rings. The molecule has 1 atom stereocenters. The molecule has 0 saturated heterocycles. The maximum Gasteiger partial charge on any atom is 0.244 e. The summed E-state index contributed by atoms with van der Waals surface area (Å²) in [4.78, 5) is 0.206. The Morgan fingerprint density at radius 3 is 2.52 bits per heavy atom. The van der Waals surface area contributed by atoms with Crippen molar-refractivity contribution in [1.82, 2.24) is 24.3 Å². The Hall–Kier alpha value is -1.67. The average Bonchev–Trinajstić information content (AvgIpc) is 2.93. The van der Waals surface area contributed by atoms with Crippen LogP contribution in [-0.2, 0) is 23.6 Å². The van der Waals surface area contributed by atoms with Crippen LogP contribution in [0.2, 0.25) is 0 Å². The Kier molecular flexibility index (Phi) is 4.20. The number of hydrogen-bond donors (Lipinski definition) is 1. The topological polar surface area (TPSA) is 81.8 Å². The van der Waals surface area contributed by atoms with Gasteiger partial charge in [-0.1, -0.05) is 0 Å². The molecule has 0 radical (unpaired) electrons. The van der Waals surface area contributed by atoms with Gasteiger partial charge in [0.25, 0.3) is 0 Å². The van der Waals surface area contributed by atoms with Crippen molar-refractivity contribution in [2.45, 2.75) is 45.2 Å². The number of aromatic nitrogens is 4. The summed E-state index contributed by atoms with van der Waals surface area (Å²) >= 11 is 0. The van der Waals surface area contributed by atoms with E-state index in [0.717, 1.165) is 17.8 Å². The number of aryl methyl sites for hydroxylation is 3. The summed E-state index contributed by atoms with van der Waals surface area (Å²) in [7, 11) is -1.89. The maximum atomic E-state index is 12.4. The van der Waals surface area contributed by atoms with Gasteiger partial charge in [-0.2, -0.15) is 10.2 Å². The van der Waals surface area contributed by atoms with Gasteiger partial charge in [0.15, 0.2) is 0 Å². The second-order valence-corrected chi connectivity index (χ2v) is 6.77. The molecule has 0 aliphatic carbocycles. The number of nitrogens with one attached hydrogen (secondary N) is 1. The predicted molar refractivity (Wildman–Crippen MR) is 79.3 cm³/mol. The van der Waals surface area contributed by atoms with Crippen LogP contribution in [0.15, 0.2) is 17.3 Å². The SMILES string of the molecule is CCn1cc(C(C)NS(=O)(=O)c2cnn(C)c2C)c(C)n1. The summed E-state index contributed by atoms with van der Waals surface area (Å²) in [5.41, 5.74) is 2.31. The van der Waals surface area contributed by atoms with E-state index in [1.165, 1.54) is 6.20 Å². The first-order valence-corrected chi connectivity index (χ1v) is 8.29. The van der Waals surface area contributed by atoms with Gasteiger partial charge in [0, 0.05) is 31.4 Å². The van der Waals surface area contributed by atoms with Crippen molar-refractivity contribution >= 4 is 10.0 Å². The standard InChI is InChI=1S/C13H21N5O2S/c1-6-18-8-12(9(2)15-18)10(3)16-21(19,20)13-7-14-17(5)11(13)4/h7-8,10,16H,6H2,1-5H3. The molecule has 21 heavy (non-hydrogen) atoms. The van der Waals surface area contributed by atoms with E-state index < -0.39 is 10.0 Å². The predicted octanol–water partition coefficient (Wildman–Crippen LogP) is 1.29. The highest BCUT2D eigenvalue weighted by molar-refractivity contribution is 7.89. The van der Waals surface area contributed by atoms with Gasteiger partial charge in [0.2, 0.25) is 10.0 Å². The van der Waals surface area contributed by atoms with Gasteiger partial charge in [-0.05, 0) is 27.7 Å². The highest BCUT2D eigenvalue weighted by Gasteiger charge is 2.24. The molecule has 8 heteroatoms. The molecular weight excluding hydrogens is 290 g/mol. The van der Waals surface area contributed by atoms with Gasteiger partial charge in [-0.3, -0.25) is 9.36 Å². The van der Waals surface area contributed by atoms with E-state index >= 15 is 0 Å². The van der Waals surface area contributed by atoms with E-state index in [1.807, 2.05) is 27.0 Å². The smallest absolute Gasteiger partial charge is 0.244 e. The zero-order valence-corrected chi connectivity index (χ0v) is 13.8. The Morgan fingerprint density at radius 2 is 2.05 bits per heavy atom. The van der Waals surface area contributed by atoms with Crippen LogP contribution in [0.25, 0.3) is 0 Å². The lowest BCUT2D eigenvalue weighted by Gasteiger charge is -2.13. The third-order valence-electron chi connectivity index (χ3n) is 3.59. The van der Waals surface area contributed by atoms with Gasteiger partial charge < -0.3 is 0 Å². The van der Waals surface area contributed by atoms with E-state index in [9.17, 15) is 8.42 Å². The number of rotatable bonds is 5. The first kappa shape index (κ1) is 15.7. The minimum absolute atomic E-state index is 0.206. The molecule has 0 saturated carbocycles. The van der Waals surface area contributed by atoms with Crippen LogP contribution in [0.4, 0.5) is 0 Å². The first-order chi connectivity index (χ1) is 9.76. The molecule has 1 N–H and O–H groups in total. The van der Waals surface area contributed by atoms with Crippen LogP contribution in [0.1, 0.15) is 36.8 Å². The fraction of sp³-hybridized carbons (Fsp3) is 0.538. The summed E-state index contributed by atoms with van der Waals surface area (Å²) in [6.45, 7) is 8.16. The van der Waals surface area contributed by atoms with Crippen molar-refractivity contribution in [3.63, 3.8) is 0 Å². The molecular formula is C13H21N5O2S. The molecule has 2 heterocycles. The highest BCUT2D eigenvalue weighted by Crippen LogP contribution is 2.20. The quantitative estimate of drug-likeness (QED) is 0.902. The first-order valence-electron chi connectivity index (χ1n) is 6.81. The van der Waals surface area contributed by atoms with Crippen molar-refractivity contribution in [3.05, 3.63) is 29.3 Å². The van der Waals surface area contributed by atoms with Gasteiger partial charge in [0.05, 0.1) is 17.6 Å². The lowest BCUT2D eigenvalue weighted by Crippen LogP contribution is -2.27. The van der Waals surface area contributed by atoms with Gasteiger partial charge in [-0.25, -0.2) is 13.1 Å². The Balaban J connectivity index is 2.27. The second-order valence-electron chi connectivity index (χ2n) is 5.09. The van der Waals surface area contributed by atoms with Crippen LogP contribution >= 0.6 is 0 Å². The Bertz CT molecular complexity index is 745. The van der Waals surface area contributed by atoms with E-state index in [1.54, 1.807) is 23.3 Å². The van der Waals surface area contributed by atoms with Crippen molar-refractivity contribution in [2.24, 2.45) is 7.05 Å². The van der Waals surface area contributed by atoms with E-state index in [-0.39, 0.29) is 10.9 Å². The number of nitrogens with zero attached hydrogens (tertiary/aromatic N) is 4. The van der Waals surface area contributed by atoms with Crippen LogP contribution in [0.5, 0.6) is 0 Å². The van der Waals surface area contributed by atoms with E-state index in [4.69, 9.17) is 0 Å². The van der Waals surface area contributed by atoms with Crippen LogP contribution in [0.3, 0.4) is 0 Å². The third kappa shape index (κ3) is 3.01. The van der Waals surface area contributed by atoms with Gasteiger partial charge in [0.1, 0.15) is 4.90 Å². The van der Waals surface area contributed by atoms with E-state index in [2.05, 4.69) is 14.9 Å². The fourth-order valence-corrected chi connectivity index (χ4v) is 3.65. The second kappa shape index (κ2) is 5.61. The molecule has 0 bridgehead atoms. The zero-order valence-electron chi connectivity index (χ0n) is 13.0. The highest BCUT2D eigenvalue weighted by atomic mass is 32.2. The Morgan fingerprint density at radius 1 is 1.38 bits per heavy atom. The summed E-state index contributed by atoms with van der Waals surface area (Å²) in [6.07, 6.45) is 3.24. The van der Waals surface area contributed by atoms with Gasteiger partial charge in [-0.15, -0.1) is 0 Å². The molecule has 7 nitrogen and oxygen atoms in total. The van der Waals surface area contributed by atoms with Crippen LogP contribution in [0, 0.1) is 13.8 Å². The summed E-state index contributed by atoms with van der Waals surface area (Å²) < 4.78 is 30.9. The minimum Gasteiger partial charge on any atom is -0.272 e. The number of hydrogen-bond acceptors (Lipinski definition) is 4. The molecule has 0 aromatic carbocycles. The molecule has 0 fully saturated rings. The molecule has 0 amide bonds. The Labute approximate surface area is 125 Å². The maximum absolute atomic E-state index is 12.4.